The lowest BCUT2D eigenvalue weighted by molar-refractivity contribution is 0.618. The van der Waals surface area contributed by atoms with Crippen LogP contribution in [-0.4, -0.2) is 15.0 Å². The second-order valence-corrected chi connectivity index (χ2v) is 4.81. The van der Waals surface area contributed by atoms with Gasteiger partial charge in [-0.15, -0.1) is 5.10 Å². The van der Waals surface area contributed by atoms with Crippen LogP contribution in [0.25, 0.3) is 0 Å². The predicted molar refractivity (Wildman–Crippen MR) is 73.6 cm³/mol. The fraction of sp³-hybridized carbons (Fsp3) is 0.429. The van der Waals surface area contributed by atoms with Crippen molar-refractivity contribution < 1.29 is 0 Å². The van der Waals surface area contributed by atoms with Crippen molar-refractivity contribution in [2.24, 2.45) is 0 Å². The second-order valence-electron chi connectivity index (χ2n) is 4.81. The molecular weight excluding hydrogens is 224 g/mol. The van der Waals surface area contributed by atoms with Gasteiger partial charge in [-0.2, -0.15) is 0 Å². The molecule has 0 saturated heterocycles. The summed E-state index contributed by atoms with van der Waals surface area (Å²) in [5, 5.41) is 8.08. The number of nitrogens with zero attached hydrogens (tertiary/aromatic N) is 3. The average Bonchev–Trinajstić information content (AvgIpc) is 2.64. The molecule has 0 radical (unpaired) electrons. The Balaban J connectivity index is 2.40. The summed E-state index contributed by atoms with van der Waals surface area (Å²) in [5.41, 5.74) is 12.0. The molecular formula is C14H20N4. The summed E-state index contributed by atoms with van der Waals surface area (Å²) >= 11 is 0. The molecule has 0 aliphatic carbocycles. The molecule has 2 N–H and O–H groups in total. The van der Waals surface area contributed by atoms with E-state index in [-0.39, 0.29) is 0 Å². The third kappa shape index (κ3) is 2.23. The van der Waals surface area contributed by atoms with Gasteiger partial charge in [-0.3, -0.25) is 0 Å². The lowest BCUT2D eigenvalue weighted by Gasteiger charge is -2.12. The highest BCUT2D eigenvalue weighted by Gasteiger charge is 2.11. The van der Waals surface area contributed by atoms with Gasteiger partial charge in [0.2, 0.25) is 0 Å². The lowest BCUT2D eigenvalue weighted by atomic mass is 10.00. The van der Waals surface area contributed by atoms with Gasteiger partial charge >= 0.3 is 0 Å². The summed E-state index contributed by atoms with van der Waals surface area (Å²) in [6.07, 6.45) is 0.850. The zero-order valence-corrected chi connectivity index (χ0v) is 11.5. The number of nitrogen functional groups attached to an aromatic ring is 1. The van der Waals surface area contributed by atoms with E-state index in [0.717, 1.165) is 18.7 Å². The molecule has 0 amide bonds. The van der Waals surface area contributed by atoms with Crippen molar-refractivity contribution in [2.45, 2.75) is 40.7 Å². The van der Waals surface area contributed by atoms with E-state index in [1.165, 1.54) is 22.3 Å². The molecule has 1 aromatic carbocycles. The maximum absolute atomic E-state index is 5.81. The molecule has 0 bridgehead atoms. The van der Waals surface area contributed by atoms with Gasteiger partial charge in [0.15, 0.2) is 5.82 Å². The van der Waals surface area contributed by atoms with Gasteiger partial charge in [-0.25, -0.2) is 4.68 Å². The van der Waals surface area contributed by atoms with Crippen LogP contribution in [0.2, 0.25) is 0 Å². The standard InChI is InChI=1S/C14H20N4/c1-5-13-14(15)16-17-18(13)8-12-10(3)6-9(2)7-11(12)4/h6-7H,5,8,15H2,1-4H3. The molecule has 2 rings (SSSR count). The van der Waals surface area contributed by atoms with Gasteiger partial charge < -0.3 is 5.73 Å². The fourth-order valence-corrected chi connectivity index (χ4v) is 2.45. The van der Waals surface area contributed by atoms with Gasteiger partial charge in [0.1, 0.15) is 0 Å². The van der Waals surface area contributed by atoms with Crippen molar-refractivity contribution in [1.29, 1.82) is 0 Å². The molecule has 0 fully saturated rings. The third-order valence-electron chi connectivity index (χ3n) is 3.35. The first-order valence-corrected chi connectivity index (χ1v) is 6.27. The van der Waals surface area contributed by atoms with Crippen LogP contribution in [0.15, 0.2) is 12.1 Å². The molecule has 1 heterocycles. The lowest BCUT2D eigenvalue weighted by Crippen LogP contribution is -2.09. The Morgan fingerprint density at radius 1 is 1.17 bits per heavy atom. The van der Waals surface area contributed by atoms with Gasteiger partial charge in [0, 0.05) is 0 Å². The number of hydrogen-bond donors (Lipinski definition) is 1. The zero-order chi connectivity index (χ0) is 13.3. The highest BCUT2D eigenvalue weighted by molar-refractivity contribution is 5.39. The number of anilines is 1. The van der Waals surface area contributed by atoms with E-state index < -0.39 is 0 Å². The molecule has 18 heavy (non-hydrogen) atoms. The Bertz CT molecular complexity index is 546. The van der Waals surface area contributed by atoms with E-state index in [1.54, 1.807) is 0 Å². The first-order chi connectivity index (χ1) is 8.52. The number of hydrogen-bond acceptors (Lipinski definition) is 3. The summed E-state index contributed by atoms with van der Waals surface area (Å²) in [6, 6.07) is 4.41. The maximum Gasteiger partial charge on any atom is 0.169 e. The number of nitrogens with two attached hydrogens (primary N) is 1. The Labute approximate surface area is 108 Å². The van der Waals surface area contributed by atoms with E-state index >= 15 is 0 Å². The fourth-order valence-electron chi connectivity index (χ4n) is 2.45. The minimum absolute atomic E-state index is 0.542. The van der Waals surface area contributed by atoms with Crippen LogP contribution in [0, 0.1) is 20.8 Å². The van der Waals surface area contributed by atoms with Crippen LogP contribution >= 0.6 is 0 Å². The summed E-state index contributed by atoms with van der Waals surface area (Å²) in [4.78, 5) is 0. The van der Waals surface area contributed by atoms with Gasteiger partial charge in [0.05, 0.1) is 12.2 Å². The Kier molecular flexibility index (Phi) is 3.36. The molecule has 0 saturated carbocycles. The van der Waals surface area contributed by atoms with Crippen molar-refractivity contribution in [1.82, 2.24) is 15.0 Å². The summed E-state index contributed by atoms with van der Waals surface area (Å²) in [5.74, 6) is 0.542. The van der Waals surface area contributed by atoms with E-state index in [2.05, 4.69) is 50.1 Å². The summed E-state index contributed by atoms with van der Waals surface area (Å²) in [6.45, 7) is 9.21. The molecule has 0 atom stereocenters. The Morgan fingerprint density at radius 2 is 1.78 bits per heavy atom. The van der Waals surface area contributed by atoms with Crippen LogP contribution in [0.1, 0.15) is 34.9 Å². The minimum Gasteiger partial charge on any atom is -0.381 e. The van der Waals surface area contributed by atoms with Crippen LogP contribution < -0.4 is 5.73 Å². The topological polar surface area (TPSA) is 56.7 Å². The molecule has 1 aromatic heterocycles. The Hall–Kier alpha value is -1.84. The van der Waals surface area contributed by atoms with E-state index in [1.807, 2.05) is 4.68 Å². The van der Waals surface area contributed by atoms with E-state index in [9.17, 15) is 0 Å². The van der Waals surface area contributed by atoms with Crippen LogP contribution in [-0.2, 0) is 13.0 Å². The quantitative estimate of drug-likeness (QED) is 0.902. The monoisotopic (exact) mass is 244 g/mol. The van der Waals surface area contributed by atoms with Gasteiger partial charge in [0.25, 0.3) is 0 Å². The first kappa shape index (κ1) is 12.6. The molecule has 0 aliphatic rings. The van der Waals surface area contributed by atoms with Crippen molar-refractivity contribution in [3.05, 3.63) is 40.1 Å². The largest absolute Gasteiger partial charge is 0.381 e. The number of benzene rings is 1. The molecule has 0 spiro atoms. The molecule has 0 aliphatic heterocycles. The van der Waals surface area contributed by atoms with Crippen LogP contribution in [0.5, 0.6) is 0 Å². The SMILES string of the molecule is CCc1c(N)nnn1Cc1c(C)cc(C)cc1C. The highest BCUT2D eigenvalue weighted by Crippen LogP contribution is 2.19. The highest BCUT2D eigenvalue weighted by atomic mass is 15.4. The van der Waals surface area contributed by atoms with Crippen LogP contribution in [0.4, 0.5) is 5.82 Å². The van der Waals surface area contributed by atoms with Crippen molar-refractivity contribution in [3.8, 4) is 0 Å². The second kappa shape index (κ2) is 4.80. The smallest absolute Gasteiger partial charge is 0.169 e. The minimum atomic E-state index is 0.542. The number of aryl methyl sites for hydroxylation is 3. The number of rotatable bonds is 3. The van der Waals surface area contributed by atoms with Crippen molar-refractivity contribution in [2.75, 3.05) is 5.73 Å². The van der Waals surface area contributed by atoms with Crippen LogP contribution in [0.3, 0.4) is 0 Å². The molecule has 96 valence electrons. The van der Waals surface area contributed by atoms with Gasteiger partial charge in [-0.1, -0.05) is 29.8 Å². The number of aromatic nitrogens is 3. The van der Waals surface area contributed by atoms with E-state index in [0.29, 0.717) is 5.82 Å². The van der Waals surface area contributed by atoms with Gasteiger partial charge in [-0.05, 0) is 43.9 Å². The Morgan fingerprint density at radius 3 is 2.33 bits per heavy atom. The summed E-state index contributed by atoms with van der Waals surface area (Å²) in [7, 11) is 0. The average molecular weight is 244 g/mol. The molecule has 0 unspecified atom stereocenters. The molecule has 2 aromatic rings. The summed E-state index contributed by atoms with van der Waals surface area (Å²) < 4.78 is 1.90. The molecule has 4 nitrogen and oxygen atoms in total. The normalized spacial score (nSPS) is 10.9. The van der Waals surface area contributed by atoms with Crippen molar-refractivity contribution in [3.63, 3.8) is 0 Å². The van der Waals surface area contributed by atoms with Crippen molar-refractivity contribution >= 4 is 5.82 Å². The molecule has 4 heteroatoms. The first-order valence-electron chi connectivity index (χ1n) is 6.27. The van der Waals surface area contributed by atoms with E-state index in [4.69, 9.17) is 5.73 Å². The third-order valence-corrected chi connectivity index (χ3v) is 3.35. The predicted octanol–water partition coefficient (Wildman–Crippen LogP) is 2.40. The maximum atomic E-state index is 5.81. The zero-order valence-electron chi connectivity index (χ0n) is 11.5.